The van der Waals surface area contributed by atoms with Crippen LogP contribution in [0.2, 0.25) is 0 Å². The molecule has 1 aliphatic rings. The van der Waals surface area contributed by atoms with E-state index in [4.69, 9.17) is 0 Å². The van der Waals surface area contributed by atoms with Crippen molar-refractivity contribution in [2.75, 3.05) is 18.9 Å². The standard InChI is InChI=1S/C11H15N5O2/c1-12-10(17)8-4-5-9(16-15-8)14-7-3-2-6-13-11(7)18/h4-5,7H,2-3,6H2,1H3,(H,12,17)(H,13,18)(H,14,16). The first-order valence-corrected chi connectivity index (χ1v) is 5.81. The van der Waals surface area contributed by atoms with E-state index in [0.29, 0.717) is 5.82 Å². The summed E-state index contributed by atoms with van der Waals surface area (Å²) in [5.74, 6) is 0.174. The average molecular weight is 249 g/mol. The molecule has 2 rings (SSSR count). The van der Waals surface area contributed by atoms with Crippen LogP contribution in [0, 0.1) is 0 Å². The molecule has 1 fully saturated rings. The van der Waals surface area contributed by atoms with Gasteiger partial charge in [-0.15, -0.1) is 10.2 Å². The quantitative estimate of drug-likeness (QED) is 0.673. The van der Waals surface area contributed by atoms with Gasteiger partial charge in [0.05, 0.1) is 0 Å². The Morgan fingerprint density at radius 3 is 2.89 bits per heavy atom. The highest BCUT2D eigenvalue weighted by molar-refractivity contribution is 5.92. The molecule has 0 radical (unpaired) electrons. The van der Waals surface area contributed by atoms with E-state index in [1.54, 1.807) is 12.1 Å². The summed E-state index contributed by atoms with van der Waals surface area (Å²) in [6, 6.07) is 2.92. The molecule has 1 aromatic rings. The Kier molecular flexibility index (Phi) is 3.71. The van der Waals surface area contributed by atoms with Crippen LogP contribution in [0.15, 0.2) is 12.1 Å². The van der Waals surface area contributed by atoms with Crippen LogP contribution >= 0.6 is 0 Å². The number of rotatable bonds is 3. The predicted octanol–water partition coefficient (Wildman–Crippen LogP) is -0.473. The molecule has 18 heavy (non-hydrogen) atoms. The number of anilines is 1. The monoisotopic (exact) mass is 249 g/mol. The van der Waals surface area contributed by atoms with E-state index in [1.165, 1.54) is 7.05 Å². The van der Waals surface area contributed by atoms with Crippen LogP contribution in [0.25, 0.3) is 0 Å². The van der Waals surface area contributed by atoms with Gasteiger partial charge in [-0.3, -0.25) is 9.59 Å². The van der Waals surface area contributed by atoms with Crippen molar-refractivity contribution in [3.63, 3.8) is 0 Å². The Hall–Kier alpha value is -2.18. The lowest BCUT2D eigenvalue weighted by Gasteiger charge is -2.22. The molecule has 1 aliphatic heterocycles. The van der Waals surface area contributed by atoms with E-state index in [-0.39, 0.29) is 23.6 Å². The molecule has 1 saturated heterocycles. The first kappa shape index (κ1) is 12.3. The van der Waals surface area contributed by atoms with Crippen LogP contribution in [0.1, 0.15) is 23.3 Å². The van der Waals surface area contributed by atoms with Crippen molar-refractivity contribution in [1.82, 2.24) is 20.8 Å². The highest BCUT2D eigenvalue weighted by Crippen LogP contribution is 2.10. The third kappa shape index (κ3) is 2.73. The van der Waals surface area contributed by atoms with Gasteiger partial charge in [0.25, 0.3) is 5.91 Å². The molecular weight excluding hydrogens is 234 g/mol. The SMILES string of the molecule is CNC(=O)c1ccc(NC2CCCNC2=O)nn1. The maximum absolute atomic E-state index is 11.5. The summed E-state index contributed by atoms with van der Waals surface area (Å²) in [6.07, 6.45) is 1.71. The fourth-order valence-electron chi connectivity index (χ4n) is 1.75. The van der Waals surface area contributed by atoms with E-state index < -0.39 is 0 Å². The van der Waals surface area contributed by atoms with Gasteiger partial charge in [0.2, 0.25) is 5.91 Å². The number of carbonyl (C=O) groups is 2. The Balaban J connectivity index is 2.01. The second-order valence-corrected chi connectivity index (χ2v) is 4.01. The minimum Gasteiger partial charge on any atom is -0.357 e. The van der Waals surface area contributed by atoms with Crippen LogP contribution in [0.4, 0.5) is 5.82 Å². The van der Waals surface area contributed by atoms with E-state index >= 15 is 0 Å². The summed E-state index contributed by atoms with van der Waals surface area (Å²) < 4.78 is 0. The van der Waals surface area contributed by atoms with Crippen molar-refractivity contribution in [2.24, 2.45) is 0 Å². The maximum atomic E-state index is 11.5. The fraction of sp³-hybridized carbons (Fsp3) is 0.455. The number of aromatic nitrogens is 2. The zero-order chi connectivity index (χ0) is 13.0. The smallest absolute Gasteiger partial charge is 0.271 e. The number of hydrogen-bond donors (Lipinski definition) is 3. The third-order valence-electron chi connectivity index (χ3n) is 2.73. The molecule has 7 heteroatoms. The van der Waals surface area contributed by atoms with Gasteiger partial charge in [-0.2, -0.15) is 0 Å². The fourth-order valence-corrected chi connectivity index (χ4v) is 1.75. The number of piperidine rings is 1. The first-order valence-electron chi connectivity index (χ1n) is 5.81. The Morgan fingerprint density at radius 2 is 2.28 bits per heavy atom. The van der Waals surface area contributed by atoms with E-state index in [0.717, 1.165) is 19.4 Å². The summed E-state index contributed by atoms with van der Waals surface area (Å²) in [5.41, 5.74) is 0.246. The summed E-state index contributed by atoms with van der Waals surface area (Å²) in [4.78, 5) is 22.8. The normalized spacial score (nSPS) is 18.9. The largest absolute Gasteiger partial charge is 0.357 e. The lowest BCUT2D eigenvalue weighted by molar-refractivity contribution is -0.123. The molecule has 96 valence electrons. The van der Waals surface area contributed by atoms with Crippen LogP contribution in [0.3, 0.4) is 0 Å². The third-order valence-corrected chi connectivity index (χ3v) is 2.73. The van der Waals surface area contributed by atoms with Crippen molar-refractivity contribution in [3.8, 4) is 0 Å². The number of amides is 2. The second kappa shape index (κ2) is 5.44. The van der Waals surface area contributed by atoms with Gasteiger partial charge >= 0.3 is 0 Å². The molecule has 2 heterocycles. The molecule has 0 aliphatic carbocycles. The molecule has 2 amide bonds. The van der Waals surface area contributed by atoms with E-state index in [9.17, 15) is 9.59 Å². The second-order valence-electron chi connectivity index (χ2n) is 4.01. The van der Waals surface area contributed by atoms with E-state index in [2.05, 4.69) is 26.1 Å². The highest BCUT2D eigenvalue weighted by Gasteiger charge is 2.22. The number of hydrogen-bond acceptors (Lipinski definition) is 5. The molecule has 1 aromatic heterocycles. The molecular formula is C11H15N5O2. The Bertz CT molecular complexity index is 445. The molecule has 0 bridgehead atoms. The minimum atomic E-state index is -0.288. The Morgan fingerprint density at radius 1 is 1.44 bits per heavy atom. The number of carbonyl (C=O) groups excluding carboxylic acids is 2. The zero-order valence-electron chi connectivity index (χ0n) is 10.1. The number of nitrogens with one attached hydrogen (secondary N) is 3. The van der Waals surface area contributed by atoms with Crippen LogP contribution < -0.4 is 16.0 Å². The van der Waals surface area contributed by atoms with Crippen molar-refractivity contribution in [3.05, 3.63) is 17.8 Å². The number of nitrogens with zero attached hydrogens (tertiary/aromatic N) is 2. The first-order chi connectivity index (χ1) is 8.70. The summed E-state index contributed by atoms with van der Waals surface area (Å²) >= 11 is 0. The van der Waals surface area contributed by atoms with Crippen LogP contribution in [-0.4, -0.2) is 41.6 Å². The molecule has 0 saturated carbocycles. The van der Waals surface area contributed by atoms with Gasteiger partial charge in [0, 0.05) is 13.6 Å². The van der Waals surface area contributed by atoms with Crippen LogP contribution in [-0.2, 0) is 4.79 Å². The molecule has 0 aromatic carbocycles. The topological polar surface area (TPSA) is 96.0 Å². The van der Waals surface area contributed by atoms with E-state index in [1.807, 2.05) is 0 Å². The van der Waals surface area contributed by atoms with Gasteiger partial charge in [-0.25, -0.2) is 0 Å². The van der Waals surface area contributed by atoms with Crippen molar-refractivity contribution in [2.45, 2.75) is 18.9 Å². The molecule has 1 atom stereocenters. The average Bonchev–Trinajstić information content (AvgIpc) is 2.41. The van der Waals surface area contributed by atoms with Crippen molar-refractivity contribution in [1.29, 1.82) is 0 Å². The summed E-state index contributed by atoms with van der Waals surface area (Å²) in [5, 5.41) is 15.9. The van der Waals surface area contributed by atoms with Gasteiger partial charge in [-0.05, 0) is 25.0 Å². The summed E-state index contributed by atoms with van der Waals surface area (Å²) in [7, 11) is 1.53. The molecule has 0 spiro atoms. The van der Waals surface area contributed by atoms with Crippen LogP contribution in [0.5, 0.6) is 0 Å². The zero-order valence-corrected chi connectivity index (χ0v) is 10.1. The lowest BCUT2D eigenvalue weighted by Crippen LogP contribution is -2.44. The summed E-state index contributed by atoms with van der Waals surface area (Å²) in [6.45, 7) is 0.721. The van der Waals surface area contributed by atoms with Crippen molar-refractivity contribution >= 4 is 17.6 Å². The molecule has 7 nitrogen and oxygen atoms in total. The highest BCUT2D eigenvalue weighted by atomic mass is 16.2. The van der Waals surface area contributed by atoms with Gasteiger partial charge in [-0.1, -0.05) is 0 Å². The predicted molar refractivity (Wildman–Crippen MR) is 65.1 cm³/mol. The lowest BCUT2D eigenvalue weighted by atomic mass is 10.1. The van der Waals surface area contributed by atoms with Crippen molar-refractivity contribution < 1.29 is 9.59 Å². The Labute approximate surface area is 104 Å². The van der Waals surface area contributed by atoms with Gasteiger partial charge in [0.15, 0.2) is 5.69 Å². The maximum Gasteiger partial charge on any atom is 0.271 e. The molecule has 1 unspecified atom stereocenters. The minimum absolute atomic E-state index is 0.0292. The molecule has 3 N–H and O–H groups in total. The van der Waals surface area contributed by atoms with Gasteiger partial charge in [0.1, 0.15) is 11.9 Å². The van der Waals surface area contributed by atoms with Gasteiger partial charge < -0.3 is 16.0 Å².